The maximum Gasteiger partial charge on any atom is 0.229 e. The second-order valence-corrected chi connectivity index (χ2v) is 10.2. The van der Waals surface area contributed by atoms with Crippen molar-refractivity contribution in [3.8, 4) is 11.5 Å². The molecule has 0 bridgehead atoms. The van der Waals surface area contributed by atoms with Gasteiger partial charge in [0.2, 0.25) is 5.52 Å². The number of hydrogen-bond donors (Lipinski definition) is 0. The van der Waals surface area contributed by atoms with Gasteiger partial charge in [-0.05, 0) is 37.8 Å². The number of carbonyl (C=O) groups is 1. The van der Waals surface area contributed by atoms with Crippen molar-refractivity contribution in [2.75, 3.05) is 14.2 Å². The van der Waals surface area contributed by atoms with E-state index in [4.69, 9.17) is 9.47 Å². The molecule has 3 rings (SSSR count). The fourth-order valence-electron chi connectivity index (χ4n) is 4.44. The molecule has 0 saturated heterocycles. The number of benzene rings is 1. The highest BCUT2D eigenvalue weighted by Gasteiger charge is 2.49. The highest BCUT2D eigenvalue weighted by molar-refractivity contribution is 7.82. The molecule has 0 heterocycles. The van der Waals surface area contributed by atoms with Crippen molar-refractivity contribution in [2.24, 2.45) is 0 Å². The fourth-order valence-corrected chi connectivity index (χ4v) is 8.54. The standard InChI is InChI=1S/C19H27O4P/c1-22-16-12-7-13-17(23-2)18(16)19(20)24(21,14-8-3-4-9-14)15-10-5-6-11-15/h7,12-15H,3-6,8-11H2,1-2H3. The summed E-state index contributed by atoms with van der Waals surface area (Å²) in [6, 6.07) is 5.30. The zero-order chi connectivity index (χ0) is 17.2. The number of ether oxygens (including phenoxy) is 2. The largest absolute Gasteiger partial charge is 0.496 e. The summed E-state index contributed by atoms with van der Waals surface area (Å²) >= 11 is 0. The third kappa shape index (κ3) is 2.90. The molecule has 0 amide bonds. The first-order valence-electron chi connectivity index (χ1n) is 8.98. The summed E-state index contributed by atoms with van der Waals surface area (Å²) in [7, 11) is 0.0798. The van der Waals surface area contributed by atoms with Gasteiger partial charge >= 0.3 is 0 Å². The molecule has 0 aromatic heterocycles. The van der Waals surface area contributed by atoms with Crippen LogP contribution in [-0.4, -0.2) is 31.1 Å². The Morgan fingerprint density at radius 1 is 0.917 bits per heavy atom. The lowest BCUT2D eigenvalue weighted by atomic mass is 10.2. The van der Waals surface area contributed by atoms with E-state index in [1.807, 2.05) is 0 Å². The van der Waals surface area contributed by atoms with Gasteiger partial charge in [-0.3, -0.25) is 4.79 Å². The van der Waals surface area contributed by atoms with E-state index < -0.39 is 7.14 Å². The van der Waals surface area contributed by atoms with Crippen molar-refractivity contribution >= 4 is 12.7 Å². The summed E-state index contributed by atoms with van der Waals surface area (Å²) < 4.78 is 25.0. The first-order chi connectivity index (χ1) is 11.6. The third-order valence-corrected chi connectivity index (χ3v) is 9.75. The third-order valence-electron chi connectivity index (χ3n) is 5.69. The van der Waals surface area contributed by atoms with Crippen molar-refractivity contribution in [1.29, 1.82) is 0 Å². The molecule has 0 aliphatic heterocycles. The average molecular weight is 350 g/mol. The Balaban J connectivity index is 2.08. The molecule has 0 spiro atoms. The molecular formula is C19H27O4P. The summed E-state index contributed by atoms with van der Waals surface area (Å²) in [5.74, 6) is 0.936. The van der Waals surface area contributed by atoms with Crippen molar-refractivity contribution in [3.05, 3.63) is 23.8 Å². The van der Waals surface area contributed by atoms with Gasteiger partial charge < -0.3 is 14.0 Å². The van der Waals surface area contributed by atoms with Crippen LogP contribution in [0.5, 0.6) is 11.5 Å². The summed E-state index contributed by atoms with van der Waals surface area (Å²) in [4.78, 5) is 13.6. The van der Waals surface area contributed by atoms with Gasteiger partial charge in [-0.2, -0.15) is 0 Å². The van der Waals surface area contributed by atoms with Gasteiger partial charge in [0.05, 0.1) is 14.2 Å². The van der Waals surface area contributed by atoms with E-state index in [9.17, 15) is 9.36 Å². The van der Waals surface area contributed by atoms with Crippen molar-refractivity contribution in [1.82, 2.24) is 0 Å². The van der Waals surface area contributed by atoms with Crippen LogP contribution >= 0.6 is 7.14 Å². The lowest BCUT2D eigenvalue weighted by molar-refractivity contribution is 0.106. The highest BCUT2D eigenvalue weighted by atomic mass is 31.2. The molecule has 0 atom stereocenters. The van der Waals surface area contributed by atoms with Crippen LogP contribution in [0.2, 0.25) is 0 Å². The normalized spacial score (nSPS) is 19.6. The summed E-state index contributed by atoms with van der Waals surface area (Å²) in [5.41, 5.74) is 0.255. The van der Waals surface area contributed by atoms with Crippen LogP contribution in [0, 0.1) is 0 Å². The van der Waals surface area contributed by atoms with Crippen molar-refractivity contribution in [3.63, 3.8) is 0 Å². The van der Waals surface area contributed by atoms with Crippen LogP contribution in [-0.2, 0) is 4.57 Å². The van der Waals surface area contributed by atoms with Crippen LogP contribution in [0.25, 0.3) is 0 Å². The molecule has 2 saturated carbocycles. The maximum absolute atomic E-state index is 14.2. The number of rotatable bonds is 6. The molecule has 0 unspecified atom stereocenters. The van der Waals surface area contributed by atoms with Gasteiger partial charge in [0.25, 0.3) is 0 Å². The molecule has 2 fully saturated rings. The molecule has 24 heavy (non-hydrogen) atoms. The molecule has 1 aromatic carbocycles. The Morgan fingerprint density at radius 3 is 1.71 bits per heavy atom. The minimum absolute atomic E-state index is 0.0442. The Hall–Kier alpha value is -1.28. The zero-order valence-electron chi connectivity index (χ0n) is 14.6. The van der Waals surface area contributed by atoms with E-state index in [1.165, 1.54) is 0 Å². The lowest BCUT2D eigenvalue weighted by Crippen LogP contribution is -2.22. The van der Waals surface area contributed by atoms with Crippen molar-refractivity contribution < 1.29 is 18.8 Å². The lowest BCUT2D eigenvalue weighted by Gasteiger charge is -2.29. The average Bonchev–Trinajstić information content (AvgIpc) is 3.33. The Labute approximate surface area is 144 Å². The predicted molar refractivity (Wildman–Crippen MR) is 96.0 cm³/mol. The van der Waals surface area contributed by atoms with E-state index in [2.05, 4.69) is 0 Å². The van der Waals surface area contributed by atoms with E-state index in [1.54, 1.807) is 32.4 Å². The number of hydrogen-bond acceptors (Lipinski definition) is 4. The Kier molecular flexibility index (Phi) is 5.34. The zero-order valence-corrected chi connectivity index (χ0v) is 15.5. The number of carbonyl (C=O) groups excluding carboxylic acids is 1. The molecular weight excluding hydrogens is 323 g/mol. The molecule has 2 aliphatic rings. The van der Waals surface area contributed by atoms with Crippen LogP contribution in [0.3, 0.4) is 0 Å². The summed E-state index contributed by atoms with van der Waals surface area (Å²) in [5, 5.41) is 0. The molecule has 132 valence electrons. The van der Waals surface area contributed by atoms with Crippen LogP contribution in [0.1, 0.15) is 61.7 Å². The van der Waals surface area contributed by atoms with Crippen LogP contribution in [0.15, 0.2) is 18.2 Å². The molecule has 5 heteroatoms. The molecule has 0 radical (unpaired) electrons. The highest BCUT2D eigenvalue weighted by Crippen LogP contribution is 2.66. The second kappa shape index (κ2) is 7.31. The van der Waals surface area contributed by atoms with Gasteiger partial charge in [0.1, 0.15) is 17.1 Å². The van der Waals surface area contributed by atoms with E-state index in [-0.39, 0.29) is 16.8 Å². The van der Waals surface area contributed by atoms with Gasteiger partial charge in [0.15, 0.2) is 7.14 Å². The van der Waals surface area contributed by atoms with Gasteiger partial charge in [-0.15, -0.1) is 0 Å². The molecule has 2 aliphatic carbocycles. The summed E-state index contributed by atoms with van der Waals surface area (Å²) in [6.07, 6.45) is 7.98. The molecule has 1 aromatic rings. The fraction of sp³-hybridized carbons (Fsp3) is 0.632. The SMILES string of the molecule is COc1cccc(OC)c1C(=O)P(=O)(C1CCCC1)C1CCCC1. The minimum atomic E-state index is -3.01. The quantitative estimate of drug-likeness (QED) is 0.670. The number of methoxy groups -OCH3 is 2. The predicted octanol–water partition coefficient (Wildman–Crippen LogP) is 5.09. The first-order valence-corrected chi connectivity index (χ1v) is 10.8. The first kappa shape index (κ1) is 17.5. The van der Waals surface area contributed by atoms with Gasteiger partial charge in [0, 0.05) is 11.3 Å². The van der Waals surface area contributed by atoms with E-state index in [0.29, 0.717) is 17.1 Å². The smallest absolute Gasteiger partial charge is 0.229 e. The van der Waals surface area contributed by atoms with Crippen LogP contribution in [0.4, 0.5) is 0 Å². The van der Waals surface area contributed by atoms with Gasteiger partial charge in [-0.25, -0.2) is 0 Å². The van der Waals surface area contributed by atoms with Crippen molar-refractivity contribution in [2.45, 2.75) is 62.7 Å². The topological polar surface area (TPSA) is 52.6 Å². The Morgan fingerprint density at radius 2 is 1.33 bits per heavy atom. The maximum atomic E-state index is 14.2. The molecule has 4 nitrogen and oxygen atoms in total. The van der Waals surface area contributed by atoms with Gasteiger partial charge in [-0.1, -0.05) is 31.7 Å². The second-order valence-electron chi connectivity index (χ2n) is 6.93. The minimum Gasteiger partial charge on any atom is -0.496 e. The Bertz CT molecular complexity index is 601. The van der Waals surface area contributed by atoms with E-state index in [0.717, 1.165) is 51.4 Å². The monoisotopic (exact) mass is 350 g/mol. The van der Waals surface area contributed by atoms with Crippen LogP contribution < -0.4 is 9.47 Å². The van der Waals surface area contributed by atoms with E-state index >= 15 is 0 Å². The molecule has 0 N–H and O–H groups in total. The summed E-state index contributed by atoms with van der Waals surface area (Å²) in [6.45, 7) is 0.